The lowest BCUT2D eigenvalue weighted by Crippen LogP contribution is -2.36. The first-order valence-electron chi connectivity index (χ1n) is 18.5. The number of nitrogens with one attached hydrogen (secondary N) is 1. The van der Waals surface area contributed by atoms with Crippen LogP contribution in [0.25, 0.3) is 12.2 Å². The van der Waals surface area contributed by atoms with Crippen LogP contribution in [-0.4, -0.2) is 154 Å². The van der Waals surface area contributed by atoms with Crippen LogP contribution in [0.1, 0.15) is 33.4 Å². The second kappa shape index (κ2) is 25.0. The van der Waals surface area contributed by atoms with Gasteiger partial charge in [0.25, 0.3) is 0 Å². The van der Waals surface area contributed by atoms with Gasteiger partial charge in [-0.25, -0.2) is 0 Å². The number of aromatic hydroxyl groups is 2. The van der Waals surface area contributed by atoms with Crippen molar-refractivity contribution in [3.8, 4) is 11.5 Å². The Bertz CT molecular complexity index is 1400. The number of Topliss-reactive ketones (excluding diaryl/α,β-unsaturated/α-hetero) is 1. The summed E-state index contributed by atoms with van der Waals surface area (Å²) < 4.78 is 22.2. The molecule has 12 nitrogen and oxygen atoms in total. The smallest absolute Gasteiger partial charge is 0.187 e. The summed E-state index contributed by atoms with van der Waals surface area (Å²) in [6.45, 7) is 15.5. The van der Waals surface area contributed by atoms with Crippen LogP contribution >= 0.6 is 62.0 Å². The molecule has 56 heavy (non-hydrogen) atoms. The van der Waals surface area contributed by atoms with Crippen molar-refractivity contribution in [2.45, 2.75) is 26.2 Å². The number of hydrogen-bond donors (Lipinski definition) is 3. The lowest BCUT2D eigenvalue weighted by Gasteiger charge is -2.29. The highest BCUT2D eigenvalue weighted by molar-refractivity contribution is 6.14. The van der Waals surface area contributed by atoms with Crippen LogP contribution in [-0.2, 0) is 49.9 Å². The van der Waals surface area contributed by atoms with Crippen LogP contribution in [0.4, 0.5) is 0 Å². The van der Waals surface area contributed by atoms with E-state index in [4.69, 9.17) is 18.9 Å². The molecule has 0 unspecified atom stereocenters. The molecule has 5 aliphatic rings. The molecular formula is C39H58Cl5N5O7. The van der Waals surface area contributed by atoms with E-state index in [1.807, 2.05) is 36.4 Å². The SMILES string of the molecule is Cl.Cl.Cl.Cl.Cl.O=C1C(=Cc2cc(CN3CCOCC3)c(O)c(CN3CCOCC3)c2)CNCC1=Cc1cc(CN2CCOCC2)c(O)c(CN2CCOCC2)c1. The monoisotopic (exact) mass is 883 g/mol. The van der Waals surface area contributed by atoms with E-state index in [2.05, 4.69) is 24.9 Å². The Hall–Kier alpha value is -1.72. The Kier molecular flexibility index (Phi) is 22.5. The summed E-state index contributed by atoms with van der Waals surface area (Å²) in [6.07, 6.45) is 3.97. The Morgan fingerprint density at radius 1 is 0.482 bits per heavy atom. The summed E-state index contributed by atoms with van der Waals surface area (Å²) in [7, 11) is 0. The van der Waals surface area contributed by atoms with Gasteiger partial charge in [0.1, 0.15) is 11.5 Å². The summed E-state index contributed by atoms with van der Waals surface area (Å²) in [6, 6.07) is 8.12. The third-order valence-corrected chi connectivity index (χ3v) is 10.5. The molecule has 0 spiro atoms. The molecule has 5 aliphatic heterocycles. The lowest BCUT2D eigenvalue weighted by atomic mass is 9.93. The Morgan fingerprint density at radius 3 is 0.982 bits per heavy atom. The standard InChI is InChI=1S/C39H53N5O7.5ClH/c45-37-31(17-29-19-33(25-41-1-9-48-10-2-41)38(46)34(20-29)26-42-3-11-49-12-4-42)23-40-24-32(37)18-30-21-35(27-43-5-13-50-14-6-43)39(47)36(22-30)28-44-7-15-51-16-8-44;;;;;/h17-22,40,46-47H,1-16,23-28H2;5*1H. The van der Waals surface area contributed by atoms with Crippen LogP contribution in [0, 0.1) is 0 Å². The van der Waals surface area contributed by atoms with Crippen molar-refractivity contribution >= 4 is 80.0 Å². The van der Waals surface area contributed by atoms with Crippen LogP contribution in [0.2, 0.25) is 0 Å². The third-order valence-electron chi connectivity index (χ3n) is 10.5. The number of benzene rings is 2. The minimum atomic E-state index is 0. The molecule has 0 bridgehead atoms. The molecule has 316 valence electrons. The predicted octanol–water partition coefficient (Wildman–Crippen LogP) is 4.17. The number of piperidine rings is 1. The van der Waals surface area contributed by atoms with Gasteiger partial charge in [0.05, 0.1) is 52.9 Å². The zero-order chi connectivity index (χ0) is 35.0. The van der Waals surface area contributed by atoms with Gasteiger partial charge in [-0.2, -0.15) is 0 Å². The number of rotatable bonds is 10. The van der Waals surface area contributed by atoms with Crippen molar-refractivity contribution in [2.24, 2.45) is 0 Å². The first-order valence-corrected chi connectivity index (χ1v) is 18.5. The molecule has 7 rings (SSSR count). The average molecular weight is 886 g/mol. The minimum absolute atomic E-state index is 0. The first-order chi connectivity index (χ1) is 25.0. The number of hydrogen-bond acceptors (Lipinski definition) is 12. The largest absolute Gasteiger partial charge is 0.507 e. The van der Waals surface area contributed by atoms with Crippen LogP contribution < -0.4 is 5.32 Å². The molecule has 2 aromatic carbocycles. The van der Waals surface area contributed by atoms with Crippen LogP contribution in [0.15, 0.2) is 35.4 Å². The van der Waals surface area contributed by atoms with Gasteiger partial charge in [-0.05, 0) is 47.5 Å². The Labute approximate surface area is 361 Å². The number of ether oxygens (including phenoxy) is 4. The number of ketones is 1. The Balaban J connectivity index is 0.00000217. The van der Waals surface area contributed by atoms with Gasteiger partial charge in [-0.3, -0.25) is 24.4 Å². The van der Waals surface area contributed by atoms with Gasteiger partial charge in [-0.1, -0.05) is 0 Å². The topological polar surface area (TPSA) is 119 Å². The molecule has 17 heteroatoms. The molecule has 0 saturated carbocycles. The molecular weight excluding hydrogens is 828 g/mol. The van der Waals surface area contributed by atoms with Gasteiger partial charge < -0.3 is 34.5 Å². The number of nitrogens with zero attached hydrogens (tertiary/aromatic N) is 4. The van der Waals surface area contributed by atoms with Crippen LogP contribution in [0.3, 0.4) is 0 Å². The van der Waals surface area contributed by atoms with E-state index in [1.165, 1.54) is 0 Å². The molecule has 0 aromatic heterocycles. The van der Waals surface area contributed by atoms with Crippen molar-refractivity contribution in [2.75, 3.05) is 118 Å². The maximum Gasteiger partial charge on any atom is 0.187 e. The number of halogens is 5. The maximum absolute atomic E-state index is 14.1. The van der Waals surface area contributed by atoms with Gasteiger partial charge >= 0.3 is 0 Å². The molecule has 5 heterocycles. The van der Waals surface area contributed by atoms with Crippen molar-refractivity contribution in [3.05, 3.63) is 68.8 Å². The van der Waals surface area contributed by atoms with Crippen molar-refractivity contribution in [3.63, 3.8) is 0 Å². The van der Waals surface area contributed by atoms with E-state index >= 15 is 0 Å². The van der Waals surface area contributed by atoms with E-state index in [9.17, 15) is 15.0 Å². The van der Waals surface area contributed by atoms with Crippen molar-refractivity contribution < 1.29 is 34.0 Å². The summed E-state index contributed by atoms with van der Waals surface area (Å²) >= 11 is 0. The van der Waals surface area contributed by atoms with Gasteiger partial charge in [-0.15, -0.1) is 62.0 Å². The summed E-state index contributed by atoms with van der Waals surface area (Å²) in [5, 5.41) is 26.4. The number of morpholine rings is 4. The molecule has 2 aromatic rings. The summed E-state index contributed by atoms with van der Waals surface area (Å²) in [5.74, 6) is 0.678. The molecule has 0 amide bonds. The van der Waals surface area contributed by atoms with E-state index in [1.54, 1.807) is 0 Å². The molecule has 0 aliphatic carbocycles. The predicted molar refractivity (Wildman–Crippen MR) is 231 cm³/mol. The molecule has 3 N–H and O–H groups in total. The summed E-state index contributed by atoms with van der Waals surface area (Å²) in [4.78, 5) is 23.3. The number of carbonyl (C=O) groups excluding carboxylic acids is 1. The second-order valence-electron chi connectivity index (χ2n) is 14.2. The fraction of sp³-hybridized carbons (Fsp3) is 0.564. The number of phenolic OH excluding ortho intramolecular Hbond substituents is 2. The average Bonchev–Trinajstić information content (AvgIpc) is 3.15. The highest BCUT2D eigenvalue weighted by Gasteiger charge is 2.24. The fourth-order valence-electron chi connectivity index (χ4n) is 7.56. The van der Waals surface area contributed by atoms with Crippen molar-refractivity contribution in [1.29, 1.82) is 0 Å². The quantitative estimate of drug-likeness (QED) is 0.298. The zero-order valence-corrected chi connectivity index (χ0v) is 35.9. The fourth-order valence-corrected chi connectivity index (χ4v) is 7.56. The molecule has 5 fully saturated rings. The third kappa shape index (κ3) is 13.7. The van der Waals surface area contributed by atoms with E-state index in [0.29, 0.717) is 115 Å². The second-order valence-corrected chi connectivity index (χ2v) is 14.2. The van der Waals surface area contributed by atoms with Gasteiger partial charge in [0.2, 0.25) is 0 Å². The number of carbonyl (C=O) groups is 1. The normalized spacial score (nSPS) is 21.6. The lowest BCUT2D eigenvalue weighted by molar-refractivity contribution is -0.112. The minimum Gasteiger partial charge on any atom is -0.507 e. The highest BCUT2D eigenvalue weighted by Crippen LogP contribution is 2.32. The van der Waals surface area contributed by atoms with E-state index in [0.717, 1.165) is 85.7 Å². The Morgan fingerprint density at radius 2 is 0.732 bits per heavy atom. The van der Waals surface area contributed by atoms with Crippen LogP contribution in [0.5, 0.6) is 11.5 Å². The van der Waals surface area contributed by atoms with E-state index < -0.39 is 0 Å². The zero-order valence-electron chi connectivity index (χ0n) is 31.8. The van der Waals surface area contributed by atoms with Gasteiger partial charge in [0.15, 0.2) is 5.78 Å². The molecule has 0 radical (unpaired) electrons. The van der Waals surface area contributed by atoms with Gasteiger partial charge in [0, 0.05) is 125 Å². The first kappa shape index (κ1) is 50.4. The highest BCUT2D eigenvalue weighted by atomic mass is 35.5. The number of phenols is 2. The molecule has 5 saturated heterocycles. The maximum atomic E-state index is 14.1. The summed E-state index contributed by atoms with van der Waals surface area (Å²) in [5.41, 5.74) is 6.67. The van der Waals surface area contributed by atoms with Crippen molar-refractivity contribution in [1.82, 2.24) is 24.9 Å². The molecule has 0 atom stereocenters. The van der Waals surface area contributed by atoms with E-state index in [-0.39, 0.29) is 67.8 Å².